The fraction of sp³-hybridized carbons (Fsp3) is 0.750. The Morgan fingerprint density at radius 3 is 2.71 bits per heavy atom. The fourth-order valence-corrected chi connectivity index (χ4v) is 2.15. The minimum atomic E-state index is 0.454. The number of hydrogen-bond acceptors (Lipinski definition) is 2. The molecule has 1 aromatic heterocycles. The van der Waals surface area contributed by atoms with Crippen molar-refractivity contribution < 1.29 is 0 Å². The predicted octanol–water partition coefficient (Wildman–Crippen LogP) is 2.65. The quantitative estimate of drug-likeness (QED) is 0.543. The van der Waals surface area contributed by atoms with Gasteiger partial charge in [-0.1, -0.05) is 26.7 Å². The number of aromatic nitrogens is 2. The molecule has 5 nitrogen and oxygen atoms in total. The van der Waals surface area contributed by atoms with Crippen LogP contribution in [0.4, 0.5) is 0 Å². The summed E-state index contributed by atoms with van der Waals surface area (Å²) in [6.07, 6.45) is 9.32. The van der Waals surface area contributed by atoms with E-state index in [1.165, 1.54) is 19.3 Å². The van der Waals surface area contributed by atoms with Gasteiger partial charge in [0.1, 0.15) is 0 Å². The van der Waals surface area contributed by atoms with Gasteiger partial charge in [-0.2, -0.15) is 0 Å². The molecule has 1 rings (SSSR count). The molecule has 2 N–H and O–H groups in total. The van der Waals surface area contributed by atoms with Gasteiger partial charge < -0.3 is 15.2 Å². The molecule has 1 unspecified atom stereocenters. The predicted molar refractivity (Wildman–Crippen MR) is 89.5 cm³/mol. The molecule has 1 atom stereocenters. The Morgan fingerprint density at radius 2 is 2.10 bits per heavy atom. The Bertz CT molecular complexity index is 383. The molecule has 0 amide bonds. The summed E-state index contributed by atoms with van der Waals surface area (Å²) >= 11 is 0. The molecular formula is C16H31N5. The molecule has 0 aliphatic heterocycles. The van der Waals surface area contributed by atoms with Crippen LogP contribution in [-0.4, -0.2) is 34.6 Å². The molecule has 0 aromatic carbocycles. The molecule has 0 bridgehead atoms. The zero-order chi connectivity index (χ0) is 15.5. The second-order valence-corrected chi connectivity index (χ2v) is 5.93. The van der Waals surface area contributed by atoms with Crippen molar-refractivity contribution in [1.82, 2.24) is 20.2 Å². The lowest BCUT2D eigenvalue weighted by Crippen LogP contribution is -2.42. The Balaban J connectivity index is 2.33. The molecule has 0 radical (unpaired) electrons. The van der Waals surface area contributed by atoms with Crippen molar-refractivity contribution in [3.63, 3.8) is 0 Å². The summed E-state index contributed by atoms with van der Waals surface area (Å²) in [5.41, 5.74) is 0. The van der Waals surface area contributed by atoms with E-state index < -0.39 is 0 Å². The smallest absolute Gasteiger partial charge is 0.191 e. The van der Waals surface area contributed by atoms with Crippen LogP contribution in [0.1, 0.15) is 47.0 Å². The number of imidazole rings is 1. The van der Waals surface area contributed by atoms with Gasteiger partial charge in [0.25, 0.3) is 0 Å². The summed E-state index contributed by atoms with van der Waals surface area (Å²) in [6.45, 7) is 11.4. The summed E-state index contributed by atoms with van der Waals surface area (Å²) in [7, 11) is 0. The maximum absolute atomic E-state index is 4.62. The van der Waals surface area contributed by atoms with Crippen LogP contribution < -0.4 is 10.6 Å². The number of guanidine groups is 1. The van der Waals surface area contributed by atoms with Crippen molar-refractivity contribution in [3.8, 4) is 0 Å². The van der Waals surface area contributed by atoms with Gasteiger partial charge >= 0.3 is 0 Å². The van der Waals surface area contributed by atoms with Crippen molar-refractivity contribution >= 4 is 5.96 Å². The Hall–Kier alpha value is -1.52. The molecule has 1 heterocycles. The molecule has 21 heavy (non-hydrogen) atoms. The molecule has 0 aliphatic carbocycles. The normalized spacial score (nSPS) is 13.5. The molecule has 0 fully saturated rings. The number of nitrogens with one attached hydrogen (secondary N) is 2. The average Bonchev–Trinajstić information content (AvgIpc) is 2.91. The summed E-state index contributed by atoms with van der Waals surface area (Å²) in [5, 5.41) is 6.79. The summed E-state index contributed by atoms with van der Waals surface area (Å²) < 4.78 is 2.04. The molecule has 0 saturated heterocycles. The first-order valence-corrected chi connectivity index (χ1v) is 8.12. The van der Waals surface area contributed by atoms with Crippen molar-refractivity contribution in [2.75, 3.05) is 13.1 Å². The third-order valence-electron chi connectivity index (χ3n) is 3.33. The summed E-state index contributed by atoms with van der Waals surface area (Å²) in [5.74, 6) is 1.70. The van der Waals surface area contributed by atoms with E-state index in [4.69, 9.17) is 0 Å². The largest absolute Gasteiger partial charge is 0.357 e. The van der Waals surface area contributed by atoms with Gasteiger partial charge in [0.05, 0.1) is 12.9 Å². The van der Waals surface area contributed by atoms with Crippen LogP contribution in [0, 0.1) is 5.92 Å². The molecule has 0 spiro atoms. The highest BCUT2D eigenvalue weighted by molar-refractivity contribution is 5.79. The van der Waals surface area contributed by atoms with Gasteiger partial charge in [-0.15, -0.1) is 0 Å². The first-order valence-electron chi connectivity index (χ1n) is 8.12. The van der Waals surface area contributed by atoms with Crippen LogP contribution in [0.2, 0.25) is 0 Å². The third-order valence-corrected chi connectivity index (χ3v) is 3.33. The number of nitrogens with zero attached hydrogens (tertiary/aromatic N) is 3. The standard InChI is InChI=1S/C16H31N5/c1-5-18-16(19-10-12-21-11-9-17-13-21)20-15(4)8-6-7-14(2)3/h9,11,13-15H,5-8,10,12H2,1-4H3,(H2,18,19,20). The first-order chi connectivity index (χ1) is 10.1. The number of rotatable bonds is 9. The van der Waals surface area contributed by atoms with Crippen LogP contribution in [0.5, 0.6) is 0 Å². The minimum Gasteiger partial charge on any atom is -0.357 e. The van der Waals surface area contributed by atoms with Gasteiger partial charge in [0.15, 0.2) is 5.96 Å². The van der Waals surface area contributed by atoms with E-state index >= 15 is 0 Å². The summed E-state index contributed by atoms with van der Waals surface area (Å²) in [6, 6.07) is 0.454. The highest BCUT2D eigenvalue weighted by atomic mass is 15.2. The maximum Gasteiger partial charge on any atom is 0.191 e. The van der Waals surface area contributed by atoms with Gasteiger partial charge in [0.2, 0.25) is 0 Å². The maximum atomic E-state index is 4.62. The number of aliphatic imine (C=N–C) groups is 1. The molecule has 120 valence electrons. The molecule has 0 saturated carbocycles. The van der Waals surface area contributed by atoms with E-state index in [0.717, 1.165) is 31.5 Å². The van der Waals surface area contributed by atoms with E-state index in [2.05, 4.69) is 48.3 Å². The molecule has 5 heteroatoms. The van der Waals surface area contributed by atoms with E-state index in [1.54, 1.807) is 6.20 Å². The molecule has 0 aliphatic rings. The lowest BCUT2D eigenvalue weighted by atomic mass is 10.0. The van der Waals surface area contributed by atoms with Crippen LogP contribution in [0.15, 0.2) is 23.7 Å². The zero-order valence-corrected chi connectivity index (χ0v) is 14.0. The second kappa shape index (κ2) is 10.2. The van der Waals surface area contributed by atoms with Gasteiger partial charge in [-0.3, -0.25) is 4.99 Å². The van der Waals surface area contributed by atoms with Crippen molar-refractivity contribution in [1.29, 1.82) is 0 Å². The van der Waals surface area contributed by atoms with Crippen LogP contribution >= 0.6 is 0 Å². The van der Waals surface area contributed by atoms with Crippen LogP contribution in [0.25, 0.3) is 0 Å². The van der Waals surface area contributed by atoms with Crippen LogP contribution in [-0.2, 0) is 6.54 Å². The molecular weight excluding hydrogens is 262 g/mol. The van der Waals surface area contributed by atoms with E-state index in [-0.39, 0.29) is 0 Å². The van der Waals surface area contributed by atoms with Crippen molar-refractivity contribution in [2.45, 2.75) is 59.5 Å². The first kappa shape index (κ1) is 17.5. The second-order valence-electron chi connectivity index (χ2n) is 5.93. The Labute approximate surface area is 129 Å². The minimum absolute atomic E-state index is 0.454. The topological polar surface area (TPSA) is 54.2 Å². The van der Waals surface area contributed by atoms with E-state index in [9.17, 15) is 0 Å². The lowest BCUT2D eigenvalue weighted by Gasteiger charge is -2.18. The Morgan fingerprint density at radius 1 is 1.29 bits per heavy atom. The fourth-order valence-electron chi connectivity index (χ4n) is 2.15. The summed E-state index contributed by atoms with van der Waals surface area (Å²) in [4.78, 5) is 8.65. The van der Waals surface area contributed by atoms with Gasteiger partial charge in [-0.25, -0.2) is 4.98 Å². The number of hydrogen-bond donors (Lipinski definition) is 2. The molecule has 1 aromatic rings. The van der Waals surface area contributed by atoms with Crippen molar-refractivity contribution in [3.05, 3.63) is 18.7 Å². The van der Waals surface area contributed by atoms with E-state index in [0.29, 0.717) is 6.04 Å². The van der Waals surface area contributed by atoms with Crippen LogP contribution in [0.3, 0.4) is 0 Å². The highest BCUT2D eigenvalue weighted by Gasteiger charge is 2.05. The van der Waals surface area contributed by atoms with Crippen molar-refractivity contribution in [2.24, 2.45) is 10.9 Å². The van der Waals surface area contributed by atoms with E-state index in [1.807, 2.05) is 17.1 Å². The average molecular weight is 293 g/mol. The van der Waals surface area contributed by atoms with Gasteiger partial charge in [0, 0.05) is 31.5 Å². The third kappa shape index (κ3) is 8.38. The Kier molecular flexibility index (Phi) is 8.55. The zero-order valence-electron chi connectivity index (χ0n) is 14.0. The highest BCUT2D eigenvalue weighted by Crippen LogP contribution is 2.08. The SMILES string of the molecule is CCNC(=NCCn1ccnc1)NC(C)CCCC(C)C. The van der Waals surface area contributed by atoms with Gasteiger partial charge in [-0.05, 0) is 26.2 Å². The monoisotopic (exact) mass is 293 g/mol. The lowest BCUT2D eigenvalue weighted by molar-refractivity contribution is 0.491.